The Kier molecular flexibility index (Phi) is 29.7. The molecule has 2 unspecified atom stereocenters. The number of aromatic hydroxyl groups is 2. The van der Waals surface area contributed by atoms with Crippen molar-refractivity contribution < 1.29 is 29.3 Å². The van der Waals surface area contributed by atoms with Gasteiger partial charge in [0.05, 0.1) is 13.2 Å². The first-order chi connectivity index (χ1) is 28.7. The quantitative estimate of drug-likeness (QED) is 0.0518. The zero-order chi connectivity index (χ0) is 42.8. The number of para-hydroxylation sites is 2. The summed E-state index contributed by atoms with van der Waals surface area (Å²) < 4.78 is 11.4. The predicted molar refractivity (Wildman–Crippen MR) is 247 cm³/mol. The molecule has 0 saturated heterocycles. The van der Waals surface area contributed by atoms with Gasteiger partial charge >= 0.3 is 11.9 Å². The second kappa shape index (κ2) is 33.7. The molecule has 59 heavy (non-hydrogen) atoms. The van der Waals surface area contributed by atoms with Crippen LogP contribution in [-0.2, 0) is 19.1 Å². The van der Waals surface area contributed by atoms with Crippen LogP contribution in [-0.4, -0.2) is 35.4 Å². The van der Waals surface area contributed by atoms with Crippen molar-refractivity contribution in [2.24, 2.45) is 5.41 Å². The van der Waals surface area contributed by atoms with Crippen LogP contribution in [0.25, 0.3) is 0 Å². The Labute approximate surface area is 362 Å². The molecule has 0 aromatic heterocycles. The fraction of sp³-hybridized carbons (Fsp3) is 0.736. The molecule has 0 spiro atoms. The van der Waals surface area contributed by atoms with Crippen molar-refractivity contribution in [3.05, 3.63) is 59.7 Å². The number of phenols is 2. The fourth-order valence-corrected chi connectivity index (χ4v) is 8.41. The fourth-order valence-electron chi connectivity index (χ4n) is 8.41. The highest BCUT2D eigenvalue weighted by molar-refractivity contribution is 5.70. The molecule has 336 valence electrons. The van der Waals surface area contributed by atoms with Gasteiger partial charge < -0.3 is 19.7 Å². The minimum absolute atomic E-state index is 0.190. The Morgan fingerprint density at radius 3 is 1.07 bits per heavy atom. The number of hydrogen-bond acceptors (Lipinski definition) is 6. The van der Waals surface area contributed by atoms with Crippen molar-refractivity contribution in [1.82, 2.24) is 0 Å². The van der Waals surface area contributed by atoms with E-state index in [4.69, 9.17) is 9.47 Å². The average Bonchev–Trinajstić information content (AvgIpc) is 3.22. The maximum atomic E-state index is 12.8. The van der Waals surface area contributed by atoms with Gasteiger partial charge in [-0.15, -0.1) is 0 Å². The summed E-state index contributed by atoms with van der Waals surface area (Å²) in [7, 11) is 0. The standard InChI is InChI=1S/C53H88O6/c1-5-7-9-11-13-15-17-19-21-23-25-33-45(47-37-27-29-39-49(47)54)35-31-41-51(56)58-43-53(3,4)44-59-52(57)42-32-36-46(48-38-28-30-40-50(48)55)34-26-24-22-20-18-16-14-12-10-8-6-2/h27-30,37-40,45-46,54-55H,5-26,31-36,41-44H2,1-4H3. The van der Waals surface area contributed by atoms with Crippen LogP contribution in [0.2, 0.25) is 0 Å². The molecule has 2 rings (SSSR count). The lowest BCUT2D eigenvalue weighted by Crippen LogP contribution is -2.28. The maximum absolute atomic E-state index is 12.8. The SMILES string of the molecule is CCCCCCCCCCCCCC(CCCC(=O)OCC(C)(C)COC(=O)CCCC(CCCCCCCCCCCCC)c1ccccc1O)c1ccccc1O. The van der Waals surface area contributed by atoms with E-state index in [0.29, 0.717) is 37.2 Å². The number of unbranched alkanes of at least 4 members (excludes halogenated alkanes) is 20. The summed E-state index contributed by atoms with van der Waals surface area (Å²) in [6, 6.07) is 15.3. The number of benzene rings is 2. The van der Waals surface area contributed by atoms with Crippen molar-refractivity contribution in [2.75, 3.05) is 13.2 Å². The molecule has 0 aliphatic heterocycles. The Morgan fingerprint density at radius 2 is 0.746 bits per heavy atom. The van der Waals surface area contributed by atoms with Gasteiger partial charge in [-0.1, -0.05) is 205 Å². The Balaban J connectivity index is 1.67. The van der Waals surface area contributed by atoms with Crippen LogP contribution in [0.3, 0.4) is 0 Å². The minimum Gasteiger partial charge on any atom is -0.508 e. The molecule has 6 heteroatoms. The molecule has 2 aromatic rings. The normalized spacial score (nSPS) is 12.7. The Hall–Kier alpha value is -3.02. The smallest absolute Gasteiger partial charge is 0.305 e. The predicted octanol–water partition coefficient (Wildman–Crippen LogP) is 15.8. The van der Waals surface area contributed by atoms with E-state index >= 15 is 0 Å². The third kappa shape index (κ3) is 26.0. The van der Waals surface area contributed by atoms with Crippen molar-refractivity contribution in [3.63, 3.8) is 0 Å². The third-order valence-corrected chi connectivity index (χ3v) is 12.2. The second-order valence-corrected chi connectivity index (χ2v) is 18.4. The first kappa shape index (κ1) is 52.1. The maximum Gasteiger partial charge on any atom is 0.305 e. The molecule has 2 atom stereocenters. The van der Waals surface area contributed by atoms with E-state index in [2.05, 4.69) is 13.8 Å². The molecular formula is C53H88O6. The second-order valence-electron chi connectivity index (χ2n) is 18.4. The van der Waals surface area contributed by atoms with Gasteiger partial charge in [0, 0.05) is 18.3 Å². The first-order valence-corrected chi connectivity index (χ1v) is 24.5. The Morgan fingerprint density at radius 1 is 0.458 bits per heavy atom. The lowest BCUT2D eigenvalue weighted by molar-refractivity contribution is -0.152. The summed E-state index contributed by atoms with van der Waals surface area (Å²) in [4.78, 5) is 25.6. The highest BCUT2D eigenvalue weighted by Crippen LogP contribution is 2.35. The van der Waals surface area contributed by atoms with E-state index in [0.717, 1.165) is 49.7 Å². The average molecular weight is 821 g/mol. The van der Waals surface area contributed by atoms with Gasteiger partial charge in [-0.3, -0.25) is 9.59 Å². The third-order valence-electron chi connectivity index (χ3n) is 12.2. The molecule has 0 radical (unpaired) electrons. The van der Waals surface area contributed by atoms with Crippen LogP contribution in [0.5, 0.6) is 11.5 Å². The van der Waals surface area contributed by atoms with Gasteiger partial charge in [-0.25, -0.2) is 0 Å². The zero-order valence-electron chi connectivity index (χ0n) is 38.4. The molecule has 0 aliphatic rings. The van der Waals surface area contributed by atoms with Crippen LogP contribution in [0, 0.1) is 5.41 Å². The topological polar surface area (TPSA) is 93.1 Å². The van der Waals surface area contributed by atoms with Crippen molar-refractivity contribution >= 4 is 11.9 Å². The number of carbonyl (C=O) groups is 2. The van der Waals surface area contributed by atoms with Crippen LogP contribution in [0.4, 0.5) is 0 Å². The number of rotatable bonds is 38. The Bertz CT molecular complexity index is 1240. The first-order valence-electron chi connectivity index (χ1n) is 24.5. The molecule has 6 nitrogen and oxygen atoms in total. The monoisotopic (exact) mass is 821 g/mol. The number of hydrogen-bond donors (Lipinski definition) is 2. The molecule has 0 fully saturated rings. The molecule has 0 aliphatic carbocycles. The largest absolute Gasteiger partial charge is 0.508 e. The van der Waals surface area contributed by atoms with Crippen molar-refractivity contribution in [1.29, 1.82) is 0 Å². The number of carbonyl (C=O) groups excluding carboxylic acids is 2. The van der Waals surface area contributed by atoms with Gasteiger partial charge in [0.1, 0.15) is 11.5 Å². The minimum atomic E-state index is -0.494. The van der Waals surface area contributed by atoms with Gasteiger partial charge in [0.15, 0.2) is 0 Å². The molecule has 0 bridgehead atoms. The number of phenolic OH excluding ortho intramolecular Hbond substituents is 2. The zero-order valence-corrected chi connectivity index (χ0v) is 38.4. The summed E-state index contributed by atoms with van der Waals surface area (Å²) >= 11 is 0. The van der Waals surface area contributed by atoms with Crippen molar-refractivity contribution in [2.45, 2.75) is 232 Å². The van der Waals surface area contributed by atoms with Crippen LogP contribution in [0.1, 0.15) is 243 Å². The van der Waals surface area contributed by atoms with Crippen molar-refractivity contribution in [3.8, 4) is 11.5 Å². The van der Waals surface area contributed by atoms with Gasteiger partial charge in [-0.05, 0) is 73.6 Å². The van der Waals surface area contributed by atoms with E-state index < -0.39 is 5.41 Å². The highest BCUT2D eigenvalue weighted by Gasteiger charge is 2.24. The van der Waals surface area contributed by atoms with Crippen LogP contribution >= 0.6 is 0 Å². The molecule has 0 amide bonds. The highest BCUT2D eigenvalue weighted by atomic mass is 16.5. The van der Waals surface area contributed by atoms with E-state index in [1.807, 2.05) is 50.2 Å². The summed E-state index contributed by atoms with van der Waals surface area (Å²) in [6.45, 7) is 8.82. The summed E-state index contributed by atoms with van der Waals surface area (Å²) in [6.07, 6.45) is 34.5. The molecular weight excluding hydrogens is 733 g/mol. The van der Waals surface area contributed by atoms with Gasteiger partial charge in [-0.2, -0.15) is 0 Å². The number of ether oxygens (including phenoxy) is 2. The van der Waals surface area contributed by atoms with E-state index in [9.17, 15) is 19.8 Å². The van der Waals surface area contributed by atoms with Gasteiger partial charge in [0.25, 0.3) is 0 Å². The molecule has 0 heterocycles. The summed E-state index contributed by atoms with van der Waals surface area (Å²) in [5.41, 5.74) is 1.47. The van der Waals surface area contributed by atoms with E-state index in [-0.39, 0.29) is 37.0 Å². The van der Waals surface area contributed by atoms with E-state index in [1.54, 1.807) is 12.1 Å². The summed E-state index contributed by atoms with van der Waals surface area (Å²) in [5.74, 6) is 0.656. The van der Waals surface area contributed by atoms with Crippen LogP contribution in [0.15, 0.2) is 48.5 Å². The number of esters is 2. The molecule has 2 N–H and O–H groups in total. The van der Waals surface area contributed by atoms with E-state index in [1.165, 1.54) is 128 Å². The lowest BCUT2D eigenvalue weighted by Gasteiger charge is -2.24. The summed E-state index contributed by atoms with van der Waals surface area (Å²) in [5, 5.41) is 21.2. The van der Waals surface area contributed by atoms with Gasteiger partial charge in [0.2, 0.25) is 0 Å². The molecule has 2 aromatic carbocycles. The molecule has 0 saturated carbocycles. The lowest BCUT2D eigenvalue weighted by atomic mass is 9.88. The van der Waals surface area contributed by atoms with Crippen LogP contribution < -0.4 is 0 Å².